The zero-order valence-corrected chi connectivity index (χ0v) is 19.0. The maximum atomic E-state index is 13.0. The summed E-state index contributed by atoms with van der Waals surface area (Å²) in [6.45, 7) is 7.05. The van der Waals surface area contributed by atoms with Crippen molar-refractivity contribution in [3.8, 4) is 11.5 Å². The van der Waals surface area contributed by atoms with Crippen LogP contribution in [0.3, 0.4) is 0 Å². The molecule has 0 spiro atoms. The Bertz CT molecular complexity index is 713. The maximum Gasteiger partial charge on any atom is 0.317 e. The van der Waals surface area contributed by atoms with Crippen LogP contribution in [-0.4, -0.2) is 67.4 Å². The highest BCUT2D eigenvalue weighted by molar-refractivity contribution is 8.01. The first-order chi connectivity index (χ1) is 13.8. The summed E-state index contributed by atoms with van der Waals surface area (Å²) in [5.74, 6) is 1.62. The number of urea groups is 1. The van der Waals surface area contributed by atoms with Crippen LogP contribution in [0.15, 0.2) is 18.2 Å². The third kappa shape index (κ3) is 5.72. The van der Waals surface area contributed by atoms with Crippen molar-refractivity contribution < 1.29 is 19.1 Å². The molecule has 1 N–H and O–H groups in total. The van der Waals surface area contributed by atoms with Crippen molar-refractivity contribution in [2.45, 2.75) is 50.3 Å². The number of thioether (sulfide) groups is 1. The van der Waals surface area contributed by atoms with Gasteiger partial charge in [-0.15, -0.1) is 11.8 Å². The molecule has 2 rings (SSSR count). The van der Waals surface area contributed by atoms with Crippen LogP contribution in [0.1, 0.15) is 44.6 Å². The van der Waals surface area contributed by atoms with E-state index in [0.717, 1.165) is 23.5 Å². The van der Waals surface area contributed by atoms with Gasteiger partial charge in [0.25, 0.3) is 0 Å². The van der Waals surface area contributed by atoms with Crippen molar-refractivity contribution in [3.63, 3.8) is 0 Å². The number of methoxy groups -OCH3 is 2. The second kappa shape index (κ2) is 10.6. The van der Waals surface area contributed by atoms with E-state index in [-0.39, 0.29) is 28.6 Å². The second-order valence-electron chi connectivity index (χ2n) is 7.40. The lowest BCUT2D eigenvalue weighted by molar-refractivity contribution is -0.130. The maximum absolute atomic E-state index is 13.0. The topological polar surface area (TPSA) is 71.1 Å². The van der Waals surface area contributed by atoms with Crippen LogP contribution < -0.4 is 14.8 Å². The summed E-state index contributed by atoms with van der Waals surface area (Å²) in [4.78, 5) is 28.6. The zero-order valence-electron chi connectivity index (χ0n) is 18.2. The molecular formula is C21H33N3O4S. The summed E-state index contributed by atoms with van der Waals surface area (Å²) >= 11 is 1.65. The molecule has 162 valence electrons. The molecule has 3 amide bonds. The van der Waals surface area contributed by atoms with Gasteiger partial charge in [-0.05, 0) is 44.9 Å². The monoisotopic (exact) mass is 423 g/mol. The Kier molecular flexibility index (Phi) is 8.49. The standard InChI is InChI=1S/C21H33N3O4S/c1-7-18-19(25)24(12-8-11-23(4)21(26)22-14(2)3)20(29-18)16-13-15(27-5)9-10-17(16)28-6/h9-10,13-14,18,20H,7-8,11-12H2,1-6H3,(H,22,26)/t18-,20-/m1/s1. The van der Waals surface area contributed by atoms with E-state index in [1.807, 2.05) is 43.9 Å². The molecule has 0 radical (unpaired) electrons. The molecule has 1 aliphatic heterocycles. The predicted molar refractivity (Wildman–Crippen MR) is 117 cm³/mol. The molecule has 29 heavy (non-hydrogen) atoms. The van der Waals surface area contributed by atoms with E-state index in [0.29, 0.717) is 19.5 Å². The first kappa shape index (κ1) is 23.2. The fourth-order valence-electron chi connectivity index (χ4n) is 3.30. The highest BCUT2D eigenvalue weighted by Crippen LogP contribution is 2.47. The lowest BCUT2D eigenvalue weighted by Gasteiger charge is -2.27. The molecule has 1 aliphatic rings. The van der Waals surface area contributed by atoms with E-state index in [2.05, 4.69) is 5.32 Å². The van der Waals surface area contributed by atoms with Crippen molar-refractivity contribution in [1.82, 2.24) is 15.1 Å². The molecule has 1 saturated heterocycles. The molecule has 0 aliphatic carbocycles. The van der Waals surface area contributed by atoms with Crippen LogP contribution in [-0.2, 0) is 4.79 Å². The van der Waals surface area contributed by atoms with Gasteiger partial charge >= 0.3 is 6.03 Å². The summed E-state index contributed by atoms with van der Waals surface area (Å²) in [5, 5.41) is 2.68. The number of nitrogens with zero attached hydrogens (tertiary/aromatic N) is 2. The summed E-state index contributed by atoms with van der Waals surface area (Å²) < 4.78 is 10.9. The van der Waals surface area contributed by atoms with Gasteiger partial charge in [-0.3, -0.25) is 4.79 Å². The minimum absolute atomic E-state index is 0.0714. The minimum Gasteiger partial charge on any atom is -0.497 e. The average Bonchev–Trinajstić information content (AvgIpc) is 3.02. The highest BCUT2D eigenvalue weighted by Gasteiger charge is 2.41. The molecule has 7 nitrogen and oxygen atoms in total. The molecule has 0 unspecified atom stereocenters. The fourth-order valence-corrected chi connectivity index (χ4v) is 4.74. The molecule has 1 fully saturated rings. The molecule has 0 bridgehead atoms. The molecule has 8 heteroatoms. The van der Waals surface area contributed by atoms with Crippen molar-refractivity contribution in [2.75, 3.05) is 34.4 Å². The normalized spacial score (nSPS) is 18.9. The number of rotatable bonds is 9. The van der Waals surface area contributed by atoms with Gasteiger partial charge in [-0.2, -0.15) is 0 Å². The number of nitrogens with one attached hydrogen (secondary N) is 1. The summed E-state index contributed by atoms with van der Waals surface area (Å²) in [5.41, 5.74) is 0.937. The van der Waals surface area contributed by atoms with Crippen LogP contribution in [0.2, 0.25) is 0 Å². The van der Waals surface area contributed by atoms with Crippen molar-refractivity contribution in [1.29, 1.82) is 0 Å². The number of hydrogen-bond acceptors (Lipinski definition) is 5. The lowest BCUT2D eigenvalue weighted by atomic mass is 10.1. The van der Waals surface area contributed by atoms with Crippen LogP contribution in [0.5, 0.6) is 11.5 Å². The van der Waals surface area contributed by atoms with E-state index in [1.165, 1.54) is 0 Å². The van der Waals surface area contributed by atoms with E-state index in [1.54, 1.807) is 37.9 Å². The summed E-state index contributed by atoms with van der Waals surface area (Å²) in [7, 11) is 5.04. The highest BCUT2D eigenvalue weighted by atomic mass is 32.2. The first-order valence-corrected chi connectivity index (χ1v) is 11.0. The summed E-state index contributed by atoms with van der Waals surface area (Å²) in [6.07, 6.45) is 1.48. The summed E-state index contributed by atoms with van der Waals surface area (Å²) in [6, 6.07) is 5.67. The van der Waals surface area contributed by atoms with Crippen molar-refractivity contribution in [3.05, 3.63) is 23.8 Å². The number of hydrogen-bond donors (Lipinski definition) is 1. The van der Waals surface area contributed by atoms with Crippen LogP contribution >= 0.6 is 11.8 Å². The number of amides is 3. The predicted octanol–water partition coefficient (Wildman–Crippen LogP) is 3.50. The third-order valence-electron chi connectivity index (χ3n) is 4.86. The zero-order chi connectivity index (χ0) is 21.6. The molecule has 2 atom stereocenters. The van der Waals surface area contributed by atoms with Gasteiger partial charge < -0.3 is 24.6 Å². The molecule has 1 heterocycles. The smallest absolute Gasteiger partial charge is 0.317 e. The number of ether oxygens (including phenoxy) is 2. The lowest BCUT2D eigenvalue weighted by Crippen LogP contribution is -2.42. The van der Waals surface area contributed by atoms with Gasteiger partial charge in [0, 0.05) is 31.7 Å². The van der Waals surface area contributed by atoms with Crippen LogP contribution in [0.4, 0.5) is 4.79 Å². The van der Waals surface area contributed by atoms with Crippen molar-refractivity contribution >= 4 is 23.7 Å². The van der Waals surface area contributed by atoms with Crippen molar-refractivity contribution in [2.24, 2.45) is 0 Å². The average molecular weight is 424 g/mol. The molecule has 0 saturated carbocycles. The van der Waals surface area contributed by atoms with Gasteiger partial charge in [0.15, 0.2) is 0 Å². The van der Waals surface area contributed by atoms with Gasteiger partial charge in [0.1, 0.15) is 16.9 Å². The Morgan fingerprint density at radius 1 is 1.31 bits per heavy atom. The van der Waals surface area contributed by atoms with E-state index < -0.39 is 0 Å². The number of carbonyl (C=O) groups excluding carboxylic acids is 2. The number of benzene rings is 1. The van der Waals surface area contributed by atoms with Gasteiger partial charge in [0.2, 0.25) is 5.91 Å². The van der Waals surface area contributed by atoms with Gasteiger partial charge in [-0.25, -0.2) is 4.79 Å². The first-order valence-electron chi connectivity index (χ1n) is 10.0. The number of carbonyl (C=O) groups is 2. The molecular weight excluding hydrogens is 390 g/mol. The second-order valence-corrected chi connectivity index (χ2v) is 8.69. The fraction of sp³-hybridized carbons (Fsp3) is 0.619. The van der Waals surface area contributed by atoms with Crippen LogP contribution in [0.25, 0.3) is 0 Å². The largest absolute Gasteiger partial charge is 0.497 e. The Morgan fingerprint density at radius 2 is 2.03 bits per heavy atom. The van der Waals surface area contributed by atoms with Gasteiger partial charge in [0.05, 0.1) is 19.5 Å². The van der Waals surface area contributed by atoms with E-state index in [4.69, 9.17) is 9.47 Å². The Labute approximate surface area is 178 Å². The molecule has 1 aromatic carbocycles. The molecule has 0 aromatic heterocycles. The van der Waals surface area contributed by atoms with Crippen LogP contribution in [0, 0.1) is 0 Å². The third-order valence-corrected chi connectivity index (χ3v) is 6.49. The Balaban J connectivity index is 2.14. The van der Waals surface area contributed by atoms with E-state index in [9.17, 15) is 9.59 Å². The quantitative estimate of drug-likeness (QED) is 0.658. The van der Waals surface area contributed by atoms with Gasteiger partial charge in [-0.1, -0.05) is 6.92 Å². The molecule has 1 aromatic rings. The van der Waals surface area contributed by atoms with E-state index >= 15 is 0 Å². The minimum atomic E-state index is -0.132. The Hall–Kier alpha value is -2.09. The Morgan fingerprint density at radius 3 is 2.62 bits per heavy atom. The SMILES string of the molecule is CC[C@H]1S[C@H](c2cc(OC)ccc2OC)N(CCCN(C)C(=O)NC(C)C)C1=O.